The first kappa shape index (κ1) is 12.5. The quantitative estimate of drug-likeness (QED) is 0.838. The molecule has 2 rings (SSSR count). The predicted molar refractivity (Wildman–Crippen MR) is 70.7 cm³/mol. The van der Waals surface area contributed by atoms with E-state index in [0.717, 1.165) is 0 Å². The molecular weight excluding hydrogens is 301 g/mol. The second-order valence-electron chi connectivity index (χ2n) is 3.58. The predicted octanol–water partition coefficient (Wildman–Crippen LogP) is 2.82. The van der Waals surface area contributed by atoms with Crippen LogP contribution in [0.5, 0.6) is 0 Å². The monoisotopic (exact) mass is 309 g/mol. The molecule has 1 heterocycles. The van der Waals surface area contributed by atoms with E-state index in [1.807, 2.05) is 0 Å². The SMILES string of the molecule is Nc1ccc(NC(=O)c2cncc(Br)c2)cc1F. The molecule has 18 heavy (non-hydrogen) atoms. The molecule has 6 heteroatoms. The van der Waals surface area contributed by atoms with Gasteiger partial charge in [-0.15, -0.1) is 0 Å². The van der Waals surface area contributed by atoms with Crippen LogP contribution in [0.15, 0.2) is 41.1 Å². The molecule has 92 valence electrons. The molecule has 3 N–H and O–H groups in total. The molecule has 0 aliphatic carbocycles. The van der Waals surface area contributed by atoms with E-state index in [1.54, 1.807) is 12.3 Å². The van der Waals surface area contributed by atoms with Crippen molar-refractivity contribution in [3.8, 4) is 0 Å². The topological polar surface area (TPSA) is 68.0 Å². The summed E-state index contributed by atoms with van der Waals surface area (Å²) in [6, 6.07) is 5.71. The molecule has 0 fully saturated rings. The lowest BCUT2D eigenvalue weighted by molar-refractivity contribution is 0.102. The zero-order chi connectivity index (χ0) is 13.1. The number of hydrogen-bond donors (Lipinski definition) is 2. The van der Waals surface area contributed by atoms with Crippen molar-refractivity contribution < 1.29 is 9.18 Å². The van der Waals surface area contributed by atoms with E-state index in [2.05, 4.69) is 26.2 Å². The lowest BCUT2D eigenvalue weighted by Crippen LogP contribution is -2.12. The van der Waals surface area contributed by atoms with Crippen molar-refractivity contribution in [3.05, 3.63) is 52.5 Å². The van der Waals surface area contributed by atoms with Gasteiger partial charge >= 0.3 is 0 Å². The molecule has 0 unspecified atom stereocenters. The van der Waals surface area contributed by atoms with E-state index in [4.69, 9.17) is 5.73 Å². The second kappa shape index (κ2) is 5.14. The molecule has 0 aliphatic rings. The number of rotatable bonds is 2. The van der Waals surface area contributed by atoms with E-state index in [0.29, 0.717) is 15.7 Å². The highest BCUT2D eigenvalue weighted by Gasteiger charge is 2.08. The number of halogens is 2. The number of carbonyl (C=O) groups excluding carboxylic acids is 1. The van der Waals surface area contributed by atoms with Gasteiger partial charge in [0.05, 0.1) is 11.3 Å². The van der Waals surface area contributed by atoms with Crippen molar-refractivity contribution in [2.24, 2.45) is 0 Å². The molecule has 0 spiro atoms. The standard InChI is InChI=1S/C12H9BrFN3O/c13-8-3-7(5-16-6-8)12(18)17-9-1-2-11(15)10(14)4-9/h1-6H,15H2,(H,17,18). The van der Waals surface area contributed by atoms with Gasteiger partial charge in [0.1, 0.15) is 5.82 Å². The Bertz CT molecular complexity index is 604. The third-order valence-corrected chi connectivity index (χ3v) is 2.66. The summed E-state index contributed by atoms with van der Waals surface area (Å²) < 4.78 is 13.9. The van der Waals surface area contributed by atoms with Crippen molar-refractivity contribution >= 4 is 33.2 Å². The van der Waals surface area contributed by atoms with Crippen LogP contribution in [0.2, 0.25) is 0 Å². The molecule has 2 aromatic rings. The molecule has 4 nitrogen and oxygen atoms in total. The van der Waals surface area contributed by atoms with Gasteiger partial charge in [0.2, 0.25) is 0 Å². The maximum Gasteiger partial charge on any atom is 0.257 e. The highest BCUT2D eigenvalue weighted by atomic mass is 79.9. The summed E-state index contributed by atoms with van der Waals surface area (Å²) in [6.45, 7) is 0. The number of hydrogen-bond acceptors (Lipinski definition) is 3. The summed E-state index contributed by atoms with van der Waals surface area (Å²) in [4.78, 5) is 15.7. The summed E-state index contributed by atoms with van der Waals surface area (Å²) in [6.07, 6.45) is 2.99. The van der Waals surface area contributed by atoms with Crippen LogP contribution in [0.4, 0.5) is 15.8 Å². The zero-order valence-electron chi connectivity index (χ0n) is 9.15. The average molecular weight is 310 g/mol. The van der Waals surface area contributed by atoms with Crippen LogP contribution >= 0.6 is 15.9 Å². The Balaban J connectivity index is 2.18. The van der Waals surface area contributed by atoms with Crippen molar-refractivity contribution in [2.45, 2.75) is 0 Å². The summed E-state index contributed by atoms with van der Waals surface area (Å²) in [5.74, 6) is -0.937. The third-order valence-electron chi connectivity index (χ3n) is 2.23. The molecule has 0 aliphatic heterocycles. The average Bonchev–Trinajstić information content (AvgIpc) is 2.34. The summed E-state index contributed by atoms with van der Waals surface area (Å²) in [7, 11) is 0. The molecular formula is C12H9BrFN3O. The van der Waals surface area contributed by atoms with Crippen molar-refractivity contribution in [2.75, 3.05) is 11.1 Å². The van der Waals surface area contributed by atoms with Crippen molar-refractivity contribution in [1.82, 2.24) is 4.98 Å². The number of nitrogens with zero attached hydrogens (tertiary/aromatic N) is 1. The van der Waals surface area contributed by atoms with Gasteiger partial charge < -0.3 is 11.1 Å². The smallest absolute Gasteiger partial charge is 0.257 e. The number of aromatic nitrogens is 1. The first-order chi connectivity index (χ1) is 8.56. The maximum atomic E-state index is 13.2. The molecule has 1 aromatic carbocycles. The summed E-state index contributed by atoms with van der Waals surface area (Å²) in [5.41, 5.74) is 6.10. The normalized spacial score (nSPS) is 10.1. The molecule has 0 saturated carbocycles. The number of nitrogens with two attached hydrogens (primary N) is 1. The Morgan fingerprint density at radius 3 is 2.78 bits per heavy atom. The summed E-state index contributed by atoms with van der Waals surface area (Å²) >= 11 is 3.22. The second-order valence-corrected chi connectivity index (χ2v) is 4.50. The molecule has 0 bridgehead atoms. The Morgan fingerprint density at radius 2 is 2.11 bits per heavy atom. The molecule has 1 aromatic heterocycles. The van der Waals surface area contributed by atoms with Gasteiger partial charge in [-0.2, -0.15) is 0 Å². The van der Waals surface area contributed by atoms with Crippen molar-refractivity contribution in [3.63, 3.8) is 0 Å². The number of benzene rings is 1. The van der Waals surface area contributed by atoms with E-state index in [9.17, 15) is 9.18 Å². The van der Waals surface area contributed by atoms with Crippen LogP contribution in [0.1, 0.15) is 10.4 Å². The fourth-order valence-electron chi connectivity index (χ4n) is 1.34. The maximum absolute atomic E-state index is 13.2. The fourth-order valence-corrected chi connectivity index (χ4v) is 1.71. The number of pyridine rings is 1. The largest absolute Gasteiger partial charge is 0.396 e. The van der Waals surface area contributed by atoms with Gasteiger partial charge in [0, 0.05) is 22.6 Å². The van der Waals surface area contributed by atoms with Gasteiger partial charge in [-0.05, 0) is 40.2 Å². The lowest BCUT2D eigenvalue weighted by Gasteiger charge is -2.06. The molecule has 0 saturated heterocycles. The fraction of sp³-hybridized carbons (Fsp3) is 0. The molecule has 0 atom stereocenters. The van der Waals surface area contributed by atoms with E-state index in [1.165, 1.54) is 24.4 Å². The van der Waals surface area contributed by atoms with Crippen LogP contribution in [-0.2, 0) is 0 Å². The van der Waals surface area contributed by atoms with Crippen LogP contribution < -0.4 is 11.1 Å². The number of nitrogen functional groups attached to an aromatic ring is 1. The first-order valence-electron chi connectivity index (χ1n) is 5.03. The Morgan fingerprint density at radius 1 is 1.33 bits per heavy atom. The van der Waals surface area contributed by atoms with Crippen molar-refractivity contribution in [1.29, 1.82) is 0 Å². The Hall–Kier alpha value is -1.95. The van der Waals surface area contributed by atoms with Crippen LogP contribution in [0.3, 0.4) is 0 Å². The first-order valence-corrected chi connectivity index (χ1v) is 5.82. The number of nitrogens with one attached hydrogen (secondary N) is 1. The van der Waals surface area contributed by atoms with Gasteiger partial charge in [-0.1, -0.05) is 0 Å². The van der Waals surface area contributed by atoms with Gasteiger partial charge in [0.25, 0.3) is 5.91 Å². The summed E-state index contributed by atoms with van der Waals surface area (Å²) in [5, 5.41) is 2.56. The third kappa shape index (κ3) is 2.84. The molecule has 0 radical (unpaired) electrons. The Labute approximate surface area is 111 Å². The van der Waals surface area contributed by atoms with Gasteiger partial charge in [-0.25, -0.2) is 4.39 Å². The lowest BCUT2D eigenvalue weighted by atomic mass is 10.2. The van der Waals surface area contributed by atoms with Crippen LogP contribution in [0.25, 0.3) is 0 Å². The minimum atomic E-state index is -0.569. The van der Waals surface area contributed by atoms with E-state index < -0.39 is 5.82 Å². The zero-order valence-corrected chi connectivity index (χ0v) is 10.7. The highest BCUT2D eigenvalue weighted by Crippen LogP contribution is 2.17. The van der Waals surface area contributed by atoms with Crippen LogP contribution in [0, 0.1) is 5.82 Å². The van der Waals surface area contributed by atoms with E-state index >= 15 is 0 Å². The number of carbonyl (C=O) groups is 1. The Kier molecular flexibility index (Phi) is 3.57. The molecule has 1 amide bonds. The number of anilines is 2. The number of amides is 1. The van der Waals surface area contributed by atoms with E-state index in [-0.39, 0.29) is 11.6 Å². The minimum Gasteiger partial charge on any atom is -0.396 e. The van der Waals surface area contributed by atoms with Gasteiger partial charge in [0.15, 0.2) is 0 Å². The minimum absolute atomic E-state index is 0.0390. The highest BCUT2D eigenvalue weighted by molar-refractivity contribution is 9.10. The van der Waals surface area contributed by atoms with Crippen LogP contribution in [-0.4, -0.2) is 10.9 Å². The van der Waals surface area contributed by atoms with Gasteiger partial charge in [-0.3, -0.25) is 9.78 Å².